The van der Waals surface area contributed by atoms with Crippen LogP contribution in [-0.2, 0) is 4.79 Å². The van der Waals surface area contributed by atoms with Gasteiger partial charge in [-0.3, -0.25) is 9.80 Å². The molecular formula is C19H38N2O2. The van der Waals surface area contributed by atoms with E-state index >= 15 is 0 Å². The van der Waals surface area contributed by atoms with Gasteiger partial charge in [0.25, 0.3) is 0 Å². The van der Waals surface area contributed by atoms with Crippen LogP contribution in [0.3, 0.4) is 0 Å². The summed E-state index contributed by atoms with van der Waals surface area (Å²) in [6.45, 7) is 6.79. The highest BCUT2D eigenvalue weighted by Crippen LogP contribution is 2.29. The van der Waals surface area contributed by atoms with Gasteiger partial charge in [-0.25, -0.2) is 5.84 Å². The van der Waals surface area contributed by atoms with Crippen molar-refractivity contribution in [2.24, 2.45) is 23.6 Å². The Morgan fingerprint density at radius 3 is 2.48 bits per heavy atom. The number of aliphatic hydroxyl groups excluding tert-OH is 1. The fourth-order valence-corrected chi connectivity index (χ4v) is 3.62. The van der Waals surface area contributed by atoms with E-state index in [1.807, 2.05) is 13.8 Å². The Bertz CT molecular complexity index is 327. The molecule has 1 rings (SSSR count). The zero-order valence-corrected chi connectivity index (χ0v) is 15.5. The molecule has 4 heteroatoms. The average molecular weight is 327 g/mol. The highest BCUT2D eigenvalue weighted by molar-refractivity contribution is 5.78. The number of hydrogen-bond donors (Lipinski definition) is 2. The van der Waals surface area contributed by atoms with Gasteiger partial charge in [-0.2, -0.15) is 0 Å². The summed E-state index contributed by atoms with van der Waals surface area (Å²) in [6, 6.07) is 0. The van der Waals surface area contributed by atoms with E-state index in [0.29, 0.717) is 13.0 Å². The molecule has 23 heavy (non-hydrogen) atoms. The lowest BCUT2D eigenvalue weighted by atomic mass is 9.83. The minimum atomic E-state index is -0.382. The summed E-state index contributed by atoms with van der Waals surface area (Å²) < 4.78 is 0. The number of carbonyl (C=O) groups is 1. The first-order chi connectivity index (χ1) is 11.0. The minimum absolute atomic E-state index is 0.00911. The van der Waals surface area contributed by atoms with Gasteiger partial charge in [0.05, 0.1) is 6.10 Å². The van der Waals surface area contributed by atoms with E-state index in [0.717, 1.165) is 31.6 Å². The quantitative estimate of drug-likeness (QED) is 0.364. The third-order valence-corrected chi connectivity index (χ3v) is 5.32. The first-order valence-electron chi connectivity index (χ1n) is 9.69. The highest BCUT2D eigenvalue weighted by atomic mass is 16.3. The molecule has 2 atom stereocenters. The lowest BCUT2D eigenvalue weighted by Gasteiger charge is -2.28. The molecule has 1 saturated carbocycles. The minimum Gasteiger partial charge on any atom is -0.393 e. The van der Waals surface area contributed by atoms with Gasteiger partial charge >= 0.3 is 0 Å². The van der Waals surface area contributed by atoms with Gasteiger partial charge < -0.3 is 5.11 Å². The molecule has 1 amide bonds. The Hall–Kier alpha value is -0.610. The molecule has 0 bridgehead atoms. The molecule has 0 aromatic carbocycles. The van der Waals surface area contributed by atoms with Crippen LogP contribution in [0.15, 0.2) is 0 Å². The Morgan fingerprint density at radius 2 is 1.91 bits per heavy atom. The lowest BCUT2D eigenvalue weighted by molar-refractivity contribution is -0.138. The largest absolute Gasteiger partial charge is 0.393 e. The van der Waals surface area contributed by atoms with Crippen molar-refractivity contribution in [3.63, 3.8) is 0 Å². The van der Waals surface area contributed by atoms with Crippen LogP contribution in [-0.4, -0.2) is 28.7 Å². The number of rotatable bonds is 10. The number of unbranched alkanes of at least 4 members (excludes halogenated alkanes) is 1. The van der Waals surface area contributed by atoms with E-state index in [-0.39, 0.29) is 23.8 Å². The van der Waals surface area contributed by atoms with Crippen molar-refractivity contribution in [2.75, 3.05) is 6.54 Å². The van der Waals surface area contributed by atoms with Crippen LogP contribution in [0.25, 0.3) is 0 Å². The predicted molar refractivity (Wildman–Crippen MR) is 95.6 cm³/mol. The lowest BCUT2D eigenvalue weighted by Crippen LogP contribution is -2.44. The molecule has 2 unspecified atom stereocenters. The van der Waals surface area contributed by atoms with Crippen molar-refractivity contribution >= 4 is 5.91 Å². The van der Waals surface area contributed by atoms with Crippen molar-refractivity contribution < 1.29 is 9.90 Å². The molecule has 1 aliphatic rings. The molecule has 0 saturated heterocycles. The Kier molecular flexibility index (Phi) is 9.80. The van der Waals surface area contributed by atoms with E-state index < -0.39 is 0 Å². The SMILES string of the molecule is CCCCN(N)C(=O)C(CC(O)CCC1CCCCC1)C(C)C. The Labute approximate surface area is 142 Å². The summed E-state index contributed by atoms with van der Waals surface area (Å²) in [4.78, 5) is 12.5. The van der Waals surface area contributed by atoms with Crippen molar-refractivity contribution in [1.82, 2.24) is 5.01 Å². The first-order valence-corrected chi connectivity index (χ1v) is 9.69. The highest BCUT2D eigenvalue weighted by Gasteiger charge is 2.28. The second kappa shape index (κ2) is 11.0. The molecule has 1 fully saturated rings. The third kappa shape index (κ3) is 7.67. The van der Waals surface area contributed by atoms with E-state index in [1.165, 1.54) is 37.1 Å². The van der Waals surface area contributed by atoms with Crippen molar-refractivity contribution in [3.8, 4) is 0 Å². The van der Waals surface area contributed by atoms with Gasteiger partial charge in [0, 0.05) is 12.5 Å². The molecule has 0 aliphatic heterocycles. The zero-order chi connectivity index (χ0) is 17.2. The predicted octanol–water partition coefficient (Wildman–Crippen LogP) is 3.87. The number of hydrogen-bond acceptors (Lipinski definition) is 3. The Morgan fingerprint density at radius 1 is 1.26 bits per heavy atom. The van der Waals surface area contributed by atoms with E-state index in [1.54, 1.807) is 0 Å². The Balaban J connectivity index is 2.42. The van der Waals surface area contributed by atoms with Crippen LogP contribution < -0.4 is 5.84 Å². The summed E-state index contributed by atoms with van der Waals surface area (Å²) in [5, 5.41) is 11.8. The van der Waals surface area contributed by atoms with Crippen LogP contribution in [0.5, 0.6) is 0 Å². The summed E-state index contributed by atoms with van der Waals surface area (Å²) in [7, 11) is 0. The monoisotopic (exact) mass is 326 g/mol. The number of amides is 1. The zero-order valence-electron chi connectivity index (χ0n) is 15.5. The molecule has 4 nitrogen and oxygen atoms in total. The van der Waals surface area contributed by atoms with Gasteiger partial charge in [-0.1, -0.05) is 59.3 Å². The molecule has 0 aromatic heterocycles. The number of aliphatic hydroxyl groups is 1. The molecule has 0 heterocycles. The summed E-state index contributed by atoms with van der Waals surface area (Å²) >= 11 is 0. The van der Waals surface area contributed by atoms with Gasteiger partial charge in [0.15, 0.2) is 0 Å². The van der Waals surface area contributed by atoms with Gasteiger partial charge in [-0.05, 0) is 37.5 Å². The second-order valence-corrected chi connectivity index (χ2v) is 7.71. The molecule has 1 aliphatic carbocycles. The van der Waals surface area contributed by atoms with Gasteiger partial charge in [-0.15, -0.1) is 0 Å². The van der Waals surface area contributed by atoms with Crippen molar-refractivity contribution in [3.05, 3.63) is 0 Å². The van der Waals surface area contributed by atoms with Crippen molar-refractivity contribution in [1.29, 1.82) is 0 Å². The number of hydrazine groups is 1. The fraction of sp³-hybridized carbons (Fsp3) is 0.947. The van der Waals surface area contributed by atoms with Crippen LogP contribution in [0.2, 0.25) is 0 Å². The second-order valence-electron chi connectivity index (χ2n) is 7.71. The number of nitrogens with zero attached hydrogens (tertiary/aromatic N) is 1. The third-order valence-electron chi connectivity index (χ3n) is 5.32. The molecule has 0 spiro atoms. The molecule has 0 radical (unpaired) electrons. The number of carbonyl (C=O) groups excluding carboxylic acids is 1. The maximum absolute atomic E-state index is 12.5. The fourth-order valence-electron chi connectivity index (χ4n) is 3.62. The van der Waals surface area contributed by atoms with E-state index in [4.69, 9.17) is 5.84 Å². The smallest absolute Gasteiger partial charge is 0.239 e. The molecule has 136 valence electrons. The maximum atomic E-state index is 12.5. The molecular weight excluding hydrogens is 288 g/mol. The summed E-state index contributed by atoms with van der Waals surface area (Å²) in [5.74, 6) is 6.72. The number of nitrogens with two attached hydrogens (primary N) is 1. The van der Waals surface area contributed by atoms with Crippen LogP contribution >= 0.6 is 0 Å². The molecule has 0 aromatic rings. The van der Waals surface area contributed by atoms with Crippen LogP contribution in [0.4, 0.5) is 0 Å². The first kappa shape index (κ1) is 20.4. The average Bonchev–Trinajstić information content (AvgIpc) is 2.55. The maximum Gasteiger partial charge on any atom is 0.239 e. The standard InChI is InChI=1S/C19H38N2O2/c1-4-5-13-21(20)19(23)18(15(2)3)14-17(22)12-11-16-9-7-6-8-10-16/h15-18,22H,4-14,20H2,1-3H3. The van der Waals surface area contributed by atoms with Crippen LogP contribution in [0, 0.1) is 17.8 Å². The topological polar surface area (TPSA) is 66.6 Å². The summed E-state index contributed by atoms with van der Waals surface area (Å²) in [6.07, 6.45) is 10.7. The van der Waals surface area contributed by atoms with E-state index in [9.17, 15) is 9.90 Å². The normalized spacial score (nSPS) is 18.9. The summed E-state index contributed by atoms with van der Waals surface area (Å²) in [5.41, 5.74) is 0. The van der Waals surface area contributed by atoms with Crippen LogP contribution in [0.1, 0.15) is 85.0 Å². The van der Waals surface area contributed by atoms with E-state index in [2.05, 4.69) is 6.92 Å². The van der Waals surface area contributed by atoms with Gasteiger partial charge in [0.2, 0.25) is 5.91 Å². The van der Waals surface area contributed by atoms with Gasteiger partial charge in [0.1, 0.15) is 0 Å². The molecule has 3 N–H and O–H groups in total. The van der Waals surface area contributed by atoms with Crippen molar-refractivity contribution in [2.45, 2.75) is 91.1 Å².